The first-order chi connectivity index (χ1) is 16.0. The number of carbonyl (C=O) groups is 2. The van der Waals surface area contributed by atoms with Gasteiger partial charge >= 0.3 is 6.03 Å². The first kappa shape index (κ1) is 22.0. The van der Waals surface area contributed by atoms with E-state index < -0.39 is 11.9 Å². The third-order valence-electron chi connectivity index (χ3n) is 5.29. The molecule has 4 rings (SSSR count). The van der Waals surface area contributed by atoms with Gasteiger partial charge in [0.15, 0.2) is 0 Å². The Hall–Kier alpha value is -4.26. The maximum absolute atomic E-state index is 12.9. The standard InChI is InChI=1S/C26H24N4O3/c1-18-11-13-20(14-12-18)24-21-9-5-6-10-22(21)25(32)30(29-24)16-15-23(31)28-26(33)27-17-19-7-3-2-4-8-19/h2-14H,15-17H2,1H3,(H2,27,28,31,33). The van der Waals surface area contributed by atoms with E-state index in [1.165, 1.54) is 4.68 Å². The van der Waals surface area contributed by atoms with Crippen LogP contribution in [0.5, 0.6) is 0 Å². The monoisotopic (exact) mass is 440 g/mol. The molecule has 7 heteroatoms. The van der Waals surface area contributed by atoms with E-state index in [2.05, 4.69) is 15.7 Å². The van der Waals surface area contributed by atoms with Gasteiger partial charge in [0, 0.05) is 23.9 Å². The Bertz CT molecular complexity index is 1350. The molecule has 0 atom stereocenters. The summed E-state index contributed by atoms with van der Waals surface area (Å²) < 4.78 is 1.29. The van der Waals surface area contributed by atoms with E-state index in [1.807, 2.05) is 73.7 Å². The highest BCUT2D eigenvalue weighted by Crippen LogP contribution is 2.24. The summed E-state index contributed by atoms with van der Waals surface area (Å²) in [4.78, 5) is 37.3. The van der Waals surface area contributed by atoms with Gasteiger partial charge in [0.25, 0.3) is 5.56 Å². The van der Waals surface area contributed by atoms with Gasteiger partial charge in [-0.15, -0.1) is 0 Å². The van der Waals surface area contributed by atoms with Crippen molar-refractivity contribution in [3.8, 4) is 11.3 Å². The van der Waals surface area contributed by atoms with Gasteiger partial charge in [-0.25, -0.2) is 9.48 Å². The van der Waals surface area contributed by atoms with Crippen LogP contribution in [-0.4, -0.2) is 21.7 Å². The molecule has 0 saturated carbocycles. The fraction of sp³-hybridized carbons (Fsp3) is 0.154. The van der Waals surface area contributed by atoms with E-state index in [0.717, 1.165) is 22.1 Å². The van der Waals surface area contributed by atoms with Crippen molar-refractivity contribution in [2.45, 2.75) is 26.4 Å². The van der Waals surface area contributed by atoms with Crippen molar-refractivity contribution in [2.24, 2.45) is 0 Å². The molecule has 0 bridgehead atoms. The first-order valence-corrected chi connectivity index (χ1v) is 10.7. The number of nitrogens with one attached hydrogen (secondary N) is 2. The molecule has 1 aromatic heterocycles. The quantitative estimate of drug-likeness (QED) is 0.477. The van der Waals surface area contributed by atoms with Crippen molar-refractivity contribution in [2.75, 3.05) is 0 Å². The third kappa shape index (κ3) is 5.33. The summed E-state index contributed by atoms with van der Waals surface area (Å²) in [6.07, 6.45) is -0.0582. The Morgan fingerprint density at radius 2 is 1.55 bits per heavy atom. The SMILES string of the molecule is Cc1ccc(-c2nn(CCC(=O)NC(=O)NCc3ccccc3)c(=O)c3ccccc23)cc1. The van der Waals surface area contributed by atoms with Crippen LogP contribution in [0.25, 0.3) is 22.0 Å². The number of urea groups is 1. The number of fused-ring (bicyclic) bond motifs is 1. The smallest absolute Gasteiger partial charge is 0.321 e. The maximum Gasteiger partial charge on any atom is 0.321 e. The second-order valence-electron chi connectivity index (χ2n) is 7.75. The molecule has 0 unspecified atom stereocenters. The second kappa shape index (κ2) is 9.91. The average Bonchev–Trinajstić information content (AvgIpc) is 2.84. The zero-order valence-electron chi connectivity index (χ0n) is 18.2. The van der Waals surface area contributed by atoms with Crippen LogP contribution in [0.3, 0.4) is 0 Å². The lowest BCUT2D eigenvalue weighted by atomic mass is 10.0. The fourth-order valence-corrected chi connectivity index (χ4v) is 3.53. The molecule has 0 saturated heterocycles. The van der Waals surface area contributed by atoms with Crippen LogP contribution in [0.4, 0.5) is 4.79 Å². The van der Waals surface area contributed by atoms with E-state index in [0.29, 0.717) is 17.6 Å². The third-order valence-corrected chi connectivity index (χ3v) is 5.29. The number of amides is 3. The molecular formula is C26H24N4O3. The Morgan fingerprint density at radius 1 is 0.879 bits per heavy atom. The number of hydrogen-bond acceptors (Lipinski definition) is 4. The topological polar surface area (TPSA) is 93.1 Å². The number of rotatable bonds is 6. The summed E-state index contributed by atoms with van der Waals surface area (Å²) >= 11 is 0. The normalized spacial score (nSPS) is 10.7. The van der Waals surface area contributed by atoms with Crippen molar-refractivity contribution >= 4 is 22.7 Å². The van der Waals surface area contributed by atoms with Crippen molar-refractivity contribution in [3.05, 3.63) is 100 Å². The van der Waals surface area contributed by atoms with Gasteiger partial charge in [-0.2, -0.15) is 5.10 Å². The number of aromatic nitrogens is 2. The van der Waals surface area contributed by atoms with Gasteiger partial charge in [-0.3, -0.25) is 14.9 Å². The van der Waals surface area contributed by atoms with E-state index in [4.69, 9.17) is 0 Å². The number of benzene rings is 3. The van der Waals surface area contributed by atoms with E-state index in [1.54, 1.807) is 12.1 Å². The van der Waals surface area contributed by atoms with Crippen molar-refractivity contribution in [3.63, 3.8) is 0 Å². The van der Waals surface area contributed by atoms with Gasteiger partial charge in [0.2, 0.25) is 5.91 Å². The van der Waals surface area contributed by atoms with Gasteiger partial charge in [-0.1, -0.05) is 78.4 Å². The Labute approximate surface area is 191 Å². The zero-order valence-corrected chi connectivity index (χ0v) is 18.2. The van der Waals surface area contributed by atoms with Crippen LogP contribution >= 0.6 is 0 Å². The molecule has 1 heterocycles. The minimum absolute atomic E-state index is 0.0559. The molecule has 0 aliphatic rings. The predicted molar refractivity (Wildman–Crippen MR) is 128 cm³/mol. The molecule has 4 aromatic rings. The summed E-state index contributed by atoms with van der Waals surface area (Å²) in [5, 5.41) is 10.8. The molecule has 166 valence electrons. The lowest BCUT2D eigenvalue weighted by molar-refractivity contribution is -0.120. The summed E-state index contributed by atoms with van der Waals surface area (Å²) in [5.74, 6) is -0.487. The van der Waals surface area contributed by atoms with Gasteiger partial charge in [-0.05, 0) is 18.6 Å². The highest BCUT2D eigenvalue weighted by atomic mass is 16.2. The molecule has 0 spiro atoms. The largest absolute Gasteiger partial charge is 0.334 e. The summed E-state index contributed by atoms with van der Waals surface area (Å²) in [6, 6.07) is 24.0. The summed E-state index contributed by atoms with van der Waals surface area (Å²) in [6.45, 7) is 2.37. The van der Waals surface area contributed by atoms with Crippen molar-refractivity contribution in [1.82, 2.24) is 20.4 Å². The number of carbonyl (C=O) groups excluding carboxylic acids is 2. The number of imide groups is 1. The van der Waals surface area contributed by atoms with Crippen LogP contribution in [0.1, 0.15) is 17.5 Å². The number of aryl methyl sites for hydroxylation is 2. The van der Waals surface area contributed by atoms with Crippen LogP contribution in [0.2, 0.25) is 0 Å². The van der Waals surface area contributed by atoms with Crippen LogP contribution in [-0.2, 0) is 17.9 Å². The number of nitrogens with zero attached hydrogens (tertiary/aromatic N) is 2. The van der Waals surface area contributed by atoms with Crippen LogP contribution < -0.4 is 16.2 Å². The Balaban J connectivity index is 1.47. The molecular weight excluding hydrogens is 416 g/mol. The zero-order chi connectivity index (χ0) is 23.2. The highest BCUT2D eigenvalue weighted by Gasteiger charge is 2.14. The first-order valence-electron chi connectivity index (χ1n) is 10.7. The summed E-state index contributed by atoms with van der Waals surface area (Å²) in [5.41, 5.74) is 3.33. The Kier molecular flexibility index (Phi) is 6.59. The molecule has 33 heavy (non-hydrogen) atoms. The molecule has 3 aromatic carbocycles. The molecule has 0 aliphatic carbocycles. The lowest BCUT2D eigenvalue weighted by Crippen LogP contribution is -2.39. The minimum atomic E-state index is -0.581. The van der Waals surface area contributed by atoms with Gasteiger partial charge in [0.05, 0.1) is 17.6 Å². The second-order valence-corrected chi connectivity index (χ2v) is 7.75. The van der Waals surface area contributed by atoms with Gasteiger partial charge < -0.3 is 5.32 Å². The molecule has 0 radical (unpaired) electrons. The molecule has 0 aliphatic heterocycles. The van der Waals surface area contributed by atoms with E-state index in [-0.39, 0.29) is 18.5 Å². The molecule has 2 N–H and O–H groups in total. The van der Waals surface area contributed by atoms with Gasteiger partial charge in [0.1, 0.15) is 0 Å². The highest BCUT2D eigenvalue weighted by molar-refractivity contribution is 5.95. The van der Waals surface area contributed by atoms with E-state index >= 15 is 0 Å². The van der Waals surface area contributed by atoms with Crippen molar-refractivity contribution < 1.29 is 9.59 Å². The van der Waals surface area contributed by atoms with Crippen LogP contribution in [0, 0.1) is 6.92 Å². The summed E-state index contributed by atoms with van der Waals surface area (Å²) in [7, 11) is 0. The molecule has 7 nitrogen and oxygen atoms in total. The number of hydrogen-bond donors (Lipinski definition) is 2. The minimum Gasteiger partial charge on any atom is -0.334 e. The maximum atomic E-state index is 12.9. The fourth-order valence-electron chi connectivity index (χ4n) is 3.53. The van der Waals surface area contributed by atoms with Crippen LogP contribution in [0.15, 0.2) is 83.7 Å². The lowest BCUT2D eigenvalue weighted by Gasteiger charge is -2.12. The molecule has 3 amide bonds. The molecule has 0 fully saturated rings. The van der Waals surface area contributed by atoms with Crippen molar-refractivity contribution in [1.29, 1.82) is 0 Å². The Morgan fingerprint density at radius 3 is 2.27 bits per heavy atom. The predicted octanol–water partition coefficient (Wildman–Crippen LogP) is 3.79. The van der Waals surface area contributed by atoms with E-state index in [9.17, 15) is 14.4 Å². The average molecular weight is 441 g/mol.